The first-order valence-corrected chi connectivity index (χ1v) is 6.25. The summed E-state index contributed by atoms with van der Waals surface area (Å²) in [6.07, 6.45) is 5.13. The highest BCUT2D eigenvalue weighted by Crippen LogP contribution is 2.10. The molecule has 0 bridgehead atoms. The summed E-state index contributed by atoms with van der Waals surface area (Å²) in [5.74, 6) is 0.540. The van der Waals surface area contributed by atoms with E-state index in [-0.39, 0.29) is 0 Å². The van der Waals surface area contributed by atoms with Crippen molar-refractivity contribution in [2.24, 2.45) is 0 Å². The fourth-order valence-corrected chi connectivity index (χ4v) is 1.95. The topological polar surface area (TPSA) is 55.1 Å². The van der Waals surface area contributed by atoms with Gasteiger partial charge in [-0.2, -0.15) is 0 Å². The van der Waals surface area contributed by atoms with E-state index in [0.717, 1.165) is 17.0 Å². The Kier molecular flexibility index (Phi) is 3.05. The standard InChI is InChI=1S/C13H12ClN5/c1-9-3-2-4-12-18-11(8-19(9)12)7-17-13-15-5-10(14)6-16-13/h2-6,8H,7H2,1H3,(H,15,16,17). The average molecular weight is 274 g/mol. The third kappa shape index (κ3) is 2.51. The lowest BCUT2D eigenvalue weighted by atomic mass is 10.4. The van der Waals surface area contributed by atoms with Crippen LogP contribution in [-0.2, 0) is 6.54 Å². The molecule has 0 aromatic carbocycles. The molecule has 0 fully saturated rings. The molecule has 6 heteroatoms. The van der Waals surface area contributed by atoms with E-state index in [1.807, 2.05) is 31.3 Å². The van der Waals surface area contributed by atoms with Crippen LogP contribution in [0, 0.1) is 6.92 Å². The summed E-state index contributed by atoms with van der Waals surface area (Å²) in [5.41, 5.74) is 3.03. The third-order valence-electron chi connectivity index (χ3n) is 2.79. The Morgan fingerprint density at radius 3 is 2.79 bits per heavy atom. The number of hydrogen-bond donors (Lipinski definition) is 1. The van der Waals surface area contributed by atoms with Gasteiger partial charge < -0.3 is 9.72 Å². The van der Waals surface area contributed by atoms with Crippen LogP contribution in [0.2, 0.25) is 5.02 Å². The quantitative estimate of drug-likeness (QED) is 0.797. The molecule has 3 rings (SSSR count). The van der Waals surface area contributed by atoms with E-state index in [1.165, 1.54) is 0 Å². The number of rotatable bonds is 3. The lowest BCUT2D eigenvalue weighted by molar-refractivity contribution is 1.02. The number of nitrogens with one attached hydrogen (secondary N) is 1. The molecule has 0 radical (unpaired) electrons. The highest BCUT2D eigenvalue weighted by atomic mass is 35.5. The van der Waals surface area contributed by atoms with Gasteiger partial charge in [-0.15, -0.1) is 0 Å². The van der Waals surface area contributed by atoms with Gasteiger partial charge in [0.1, 0.15) is 5.65 Å². The van der Waals surface area contributed by atoms with E-state index in [4.69, 9.17) is 11.6 Å². The van der Waals surface area contributed by atoms with Gasteiger partial charge in [0.15, 0.2) is 0 Å². The normalized spacial score (nSPS) is 10.8. The van der Waals surface area contributed by atoms with E-state index < -0.39 is 0 Å². The first kappa shape index (κ1) is 11.9. The third-order valence-corrected chi connectivity index (χ3v) is 2.99. The summed E-state index contributed by atoms with van der Waals surface area (Å²) in [7, 11) is 0. The largest absolute Gasteiger partial charge is 0.349 e. The average Bonchev–Trinajstić information content (AvgIpc) is 2.83. The summed E-state index contributed by atoms with van der Waals surface area (Å²) in [5, 5.41) is 3.63. The van der Waals surface area contributed by atoms with Crippen LogP contribution in [-0.4, -0.2) is 19.4 Å². The minimum absolute atomic E-state index is 0.522. The van der Waals surface area contributed by atoms with Gasteiger partial charge in [-0.25, -0.2) is 15.0 Å². The SMILES string of the molecule is Cc1cccc2nc(CNc3ncc(Cl)cn3)cn12. The number of aryl methyl sites for hydroxylation is 1. The lowest BCUT2D eigenvalue weighted by Crippen LogP contribution is -2.03. The molecule has 19 heavy (non-hydrogen) atoms. The van der Waals surface area contributed by atoms with Crippen molar-refractivity contribution in [3.05, 3.63) is 53.2 Å². The van der Waals surface area contributed by atoms with Crippen molar-refractivity contribution >= 4 is 23.2 Å². The van der Waals surface area contributed by atoms with Gasteiger partial charge in [-0.3, -0.25) is 0 Å². The first-order chi connectivity index (χ1) is 9.22. The molecule has 0 saturated heterocycles. The Morgan fingerprint density at radius 1 is 1.26 bits per heavy atom. The van der Waals surface area contributed by atoms with E-state index in [0.29, 0.717) is 17.5 Å². The molecule has 0 saturated carbocycles. The number of pyridine rings is 1. The minimum atomic E-state index is 0.522. The van der Waals surface area contributed by atoms with Gasteiger partial charge in [-0.05, 0) is 19.1 Å². The van der Waals surface area contributed by atoms with Crippen LogP contribution in [0.3, 0.4) is 0 Å². The second-order valence-corrected chi connectivity index (χ2v) is 4.64. The first-order valence-electron chi connectivity index (χ1n) is 5.87. The molecular formula is C13H12ClN5. The summed E-state index contributed by atoms with van der Waals surface area (Å²) >= 11 is 5.73. The molecule has 0 unspecified atom stereocenters. The second-order valence-electron chi connectivity index (χ2n) is 4.21. The van der Waals surface area contributed by atoms with Gasteiger partial charge in [-0.1, -0.05) is 17.7 Å². The highest BCUT2D eigenvalue weighted by Gasteiger charge is 2.03. The zero-order chi connectivity index (χ0) is 13.2. The summed E-state index contributed by atoms with van der Waals surface area (Å²) in [4.78, 5) is 12.7. The molecule has 3 aromatic rings. The van der Waals surface area contributed by atoms with Crippen molar-refractivity contribution < 1.29 is 0 Å². The molecule has 0 atom stereocenters. The molecule has 1 N–H and O–H groups in total. The second kappa shape index (κ2) is 4.85. The van der Waals surface area contributed by atoms with Crippen molar-refractivity contribution in [1.82, 2.24) is 19.4 Å². The highest BCUT2D eigenvalue weighted by molar-refractivity contribution is 6.30. The number of hydrogen-bond acceptors (Lipinski definition) is 4. The predicted octanol–water partition coefficient (Wildman–Crippen LogP) is 2.70. The zero-order valence-electron chi connectivity index (χ0n) is 10.3. The fraction of sp³-hybridized carbons (Fsp3) is 0.154. The predicted molar refractivity (Wildman–Crippen MR) is 74.3 cm³/mol. The Hall–Kier alpha value is -2.14. The van der Waals surface area contributed by atoms with Crippen molar-refractivity contribution in [2.45, 2.75) is 13.5 Å². The van der Waals surface area contributed by atoms with Crippen LogP contribution < -0.4 is 5.32 Å². The number of nitrogens with zero attached hydrogens (tertiary/aromatic N) is 4. The van der Waals surface area contributed by atoms with Crippen molar-refractivity contribution in [1.29, 1.82) is 0 Å². The number of imidazole rings is 1. The fourth-order valence-electron chi connectivity index (χ4n) is 1.86. The summed E-state index contributed by atoms with van der Waals surface area (Å²) in [6.45, 7) is 2.62. The zero-order valence-corrected chi connectivity index (χ0v) is 11.1. The molecular weight excluding hydrogens is 262 g/mol. The maximum absolute atomic E-state index is 5.73. The number of fused-ring (bicyclic) bond motifs is 1. The van der Waals surface area contributed by atoms with Crippen LogP contribution >= 0.6 is 11.6 Å². The lowest BCUT2D eigenvalue weighted by Gasteiger charge is -2.01. The van der Waals surface area contributed by atoms with Gasteiger partial charge in [0.05, 0.1) is 29.7 Å². The molecule has 3 heterocycles. The monoisotopic (exact) mass is 273 g/mol. The Bertz CT molecular complexity index is 705. The molecule has 0 spiro atoms. The summed E-state index contributed by atoms with van der Waals surface area (Å²) in [6, 6.07) is 6.03. The van der Waals surface area contributed by atoms with E-state index >= 15 is 0 Å². The van der Waals surface area contributed by atoms with Crippen molar-refractivity contribution in [3.8, 4) is 0 Å². The Labute approximate surface area is 115 Å². The number of aromatic nitrogens is 4. The Morgan fingerprint density at radius 2 is 2.05 bits per heavy atom. The number of anilines is 1. The van der Waals surface area contributed by atoms with E-state index in [9.17, 15) is 0 Å². The van der Waals surface area contributed by atoms with Crippen LogP contribution in [0.25, 0.3) is 5.65 Å². The van der Waals surface area contributed by atoms with E-state index in [1.54, 1.807) is 12.4 Å². The molecule has 3 aromatic heterocycles. The van der Waals surface area contributed by atoms with Crippen LogP contribution in [0.1, 0.15) is 11.4 Å². The van der Waals surface area contributed by atoms with Gasteiger partial charge in [0.25, 0.3) is 0 Å². The van der Waals surface area contributed by atoms with Crippen LogP contribution in [0.15, 0.2) is 36.8 Å². The number of halogens is 1. The van der Waals surface area contributed by atoms with Crippen LogP contribution in [0.5, 0.6) is 0 Å². The van der Waals surface area contributed by atoms with Crippen molar-refractivity contribution in [2.75, 3.05) is 5.32 Å². The maximum Gasteiger partial charge on any atom is 0.222 e. The van der Waals surface area contributed by atoms with Gasteiger partial charge in [0.2, 0.25) is 5.95 Å². The molecule has 96 valence electrons. The smallest absolute Gasteiger partial charge is 0.222 e. The molecule has 0 aliphatic heterocycles. The molecule has 0 amide bonds. The molecule has 0 aliphatic rings. The minimum Gasteiger partial charge on any atom is -0.349 e. The van der Waals surface area contributed by atoms with Gasteiger partial charge >= 0.3 is 0 Å². The molecule has 5 nitrogen and oxygen atoms in total. The summed E-state index contributed by atoms with van der Waals surface area (Å²) < 4.78 is 2.06. The van der Waals surface area contributed by atoms with E-state index in [2.05, 4.69) is 24.7 Å². The molecule has 0 aliphatic carbocycles. The van der Waals surface area contributed by atoms with Crippen LogP contribution in [0.4, 0.5) is 5.95 Å². The van der Waals surface area contributed by atoms with Crippen molar-refractivity contribution in [3.63, 3.8) is 0 Å². The maximum atomic E-state index is 5.73. The van der Waals surface area contributed by atoms with Gasteiger partial charge in [0, 0.05) is 11.9 Å². The Balaban J connectivity index is 1.78.